The van der Waals surface area contributed by atoms with Crippen LogP contribution in [-0.2, 0) is 27.5 Å². The van der Waals surface area contributed by atoms with Crippen molar-refractivity contribution in [1.82, 2.24) is 10.2 Å². The molecule has 9 nitrogen and oxygen atoms in total. The van der Waals surface area contributed by atoms with E-state index in [-0.39, 0.29) is 25.5 Å². The summed E-state index contributed by atoms with van der Waals surface area (Å²) in [4.78, 5) is 33.2. The van der Waals surface area contributed by atoms with Crippen LogP contribution in [0.15, 0.2) is 98.7 Å². The van der Waals surface area contributed by atoms with Crippen LogP contribution in [0.25, 0.3) is 0 Å². The minimum atomic E-state index is -0.602. The van der Waals surface area contributed by atoms with Gasteiger partial charge in [-0.1, -0.05) is 48.2 Å². The third-order valence-electron chi connectivity index (χ3n) is 6.54. The topological polar surface area (TPSA) is 103 Å². The number of benzene rings is 2. The quantitative estimate of drug-likeness (QED) is 0.333. The van der Waals surface area contributed by atoms with E-state index in [1.807, 2.05) is 52.8 Å². The lowest BCUT2D eigenvalue weighted by molar-refractivity contribution is -0.141. The standard InChI is InChI=1S/C30H29N3O6S/c1-19-27(29(35)39-17-20-8-5-4-6-9-20)28(21-11-12-24(36-2)25(14-21)37-3)33-22(18-40-30(33)32-19)15-26(34)31-16-23-10-7-13-38-23/h4-14,18,28H,15-17H2,1-3H3,(H,31,34). The summed E-state index contributed by atoms with van der Waals surface area (Å²) >= 11 is 1.41. The van der Waals surface area contributed by atoms with E-state index >= 15 is 0 Å². The maximum absolute atomic E-state index is 13.6. The van der Waals surface area contributed by atoms with Gasteiger partial charge < -0.3 is 28.8 Å². The monoisotopic (exact) mass is 559 g/mol. The molecule has 206 valence electrons. The van der Waals surface area contributed by atoms with E-state index in [1.165, 1.54) is 11.8 Å². The summed E-state index contributed by atoms with van der Waals surface area (Å²) in [6, 6.07) is 18.0. The predicted molar refractivity (Wildman–Crippen MR) is 151 cm³/mol. The van der Waals surface area contributed by atoms with E-state index in [4.69, 9.17) is 23.6 Å². The van der Waals surface area contributed by atoms with Gasteiger partial charge >= 0.3 is 5.97 Å². The number of nitrogens with zero attached hydrogens (tertiary/aromatic N) is 2. The summed E-state index contributed by atoms with van der Waals surface area (Å²) in [6.07, 6.45) is 1.65. The zero-order valence-corrected chi connectivity index (χ0v) is 23.2. The molecule has 1 N–H and O–H groups in total. The van der Waals surface area contributed by atoms with Crippen molar-refractivity contribution in [3.63, 3.8) is 0 Å². The molecule has 1 unspecified atom stereocenters. The molecule has 10 heteroatoms. The van der Waals surface area contributed by atoms with E-state index in [2.05, 4.69) is 5.32 Å². The molecule has 0 radical (unpaired) electrons. The number of carbonyl (C=O) groups is 2. The number of esters is 1. The number of amidine groups is 1. The van der Waals surface area contributed by atoms with Gasteiger partial charge in [0.2, 0.25) is 5.91 Å². The van der Waals surface area contributed by atoms with Gasteiger partial charge in [0.25, 0.3) is 0 Å². The van der Waals surface area contributed by atoms with Crippen LogP contribution in [-0.4, -0.2) is 36.2 Å². The average Bonchev–Trinajstić information content (AvgIpc) is 3.64. The normalized spacial score (nSPS) is 16.2. The first-order valence-corrected chi connectivity index (χ1v) is 13.5. The Kier molecular flexibility index (Phi) is 8.26. The van der Waals surface area contributed by atoms with E-state index < -0.39 is 12.0 Å². The van der Waals surface area contributed by atoms with Crippen LogP contribution in [0, 0.1) is 0 Å². The molecule has 40 heavy (non-hydrogen) atoms. The SMILES string of the molecule is COc1ccc(C2C(C(=O)OCc3ccccc3)=C(C)N=C3SC=C(CC(=O)NCc4ccco4)N32)cc1OC. The van der Waals surface area contributed by atoms with Gasteiger partial charge in [-0.05, 0) is 47.7 Å². The summed E-state index contributed by atoms with van der Waals surface area (Å²) in [5.74, 6) is 1.08. The van der Waals surface area contributed by atoms with Crippen LogP contribution in [0.3, 0.4) is 0 Å². The molecule has 3 heterocycles. The Bertz CT molecular complexity index is 1480. The fourth-order valence-electron chi connectivity index (χ4n) is 4.60. The number of furan rings is 1. The number of hydrogen-bond donors (Lipinski definition) is 1. The second-order valence-electron chi connectivity index (χ2n) is 9.10. The molecular formula is C30H29N3O6S. The number of thioether (sulfide) groups is 1. The molecule has 3 aromatic rings. The van der Waals surface area contributed by atoms with Crippen molar-refractivity contribution in [2.45, 2.75) is 32.5 Å². The summed E-state index contributed by atoms with van der Waals surface area (Å²) in [7, 11) is 3.13. The number of amides is 1. The third kappa shape index (κ3) is 5.76. The molecule has 0 spiro atoms. The molecule has 1 amide bonds. The van der Waals surface area contributed by atoms with Gasteiger partial charge in [-0.2, -0.15) is 0 Å². The zero-order valence-electron chi connectivity index (χ0n) is 22.4. The largest absolute Gasteiger partial charge is 0.493 e. The summed E-state index contributed by atoms with van der Waals surface area (Å²) < 4.78 is 22.1. The molecule has 2 aromatic carbocycles. The molecule has 1 atom stereocenters. The van der Waals surface area contributed by atoms with E-state index in [9.17, 15) is 9.59 Å². The smallest absolute Gasteiger partial charge is 0.338 e. The fraction of sp³-hybridized carbons (Fsp3) is 0.233. The van der Waals surface area contributed by atoms with Crippen molar-refractivity contribution in [3.05, 3.63) is 106 Å². The number of carbonyl (C=O) groups excluding carboxylic acids is 2. The minimum Gasteiger partial charge on any atom is -0.493 e. The molecule has 1 aromatic heterocycles. The van der Waals surface area contributed by atoms with Crippen molar-refractivity contribution in [3.8, 4) is 11.5 Å². The predicted octanol–water partition coefficient (Wildman–Crippen LogP) is 5.32. The van der Waals surface area contributed by atoms with Gasteiger partial charge in [0.15, 0.2) is 16.7 Å². The zero-order chi connectivity index (χ0) is 28.1. The van der Waals surface area contributed by atoms with Crippen molar-refractivity contribution in [2.75, 3.05) is 14.2 Å². The molecule has 0 bridgehead atoms. The lowest BCUT2D eigenvalue weighted by Crippen LogP contribution is -2.38. The molecule has 0 aliphatic carbocycles. The minimum absolute atomic E-state index is 0.0852. The highest BCUT2D eigenvalue weighted by Crippen LogP contribution is 2.46. The number of nitrogens with one attached hydrogen (secondary N) is 1. The second-order valence-corrected chi connectivity index (χ2v) is 9.94. The summed E-state index contributed by atoms with van der Waals surface area (Å²) in [5, 5.41) is 5.45. The number of ether oxygens (including phenoxy) is 3. The Labute approximate surface area is 236 Å². The first-order chi connectivity index (χ1) is 19.5. The fourth-order valence-corrected chi connectivity index (χ4v) is 5.56. The molecule has 2 aliphatic rings. The van der Waals surface area contributed by atoms with Gasteiger partial charge in [-0.3, -0.25) is 4.79 Å². The second kappa shape index (κ2) is 12.2. The first kappa shape index (κ1) is 27.1. The molecule has 5 rings (SSSR count). The van der Waals surface area contributed by atoms with Crippen molar-refractivity contribution in [1.29, 1.82) is 0 Å². The highest BCUT2D eigenvalue weighted by molar-refractivity contribution is 8.16. The Hall–Kier alpha value is -4.44. The number of methoxy groups -OCH3 is 2. The lowest BCUT2D eigenvalue weighted by Gasteiger charge is -2.36. The Morgan fingerprint density at radius 3 is 2.58 bits per heavy atom. The van der Waals surface area contributed by atoms with Gasteiger partial charge in [-0.15, -0.1) is 0 Å². The average molecular weight is 560 g/mol. The molecule has 0 fully saturated rings. The Morgan fingerprint density at radius 2 is 1.85 bits per heavy atom. The number of rotatable bonds is 10. The molecule has 0 saturated carbocycles. The maximum Gasteiger partial charge on any atom is 0.338 e. The van der Waals surface area contributed by atoms with E-state index in [1.54, 1.807) is 45.6 Å². The van der Waals surface area contributed by atoms with Crippen LogP contribution in [0.2, 0.25) is 0 Å². The van der Waals surface area contributed by atoms with Crippen LogP contribution in [0.5, 0.6) is 11.5 Å². The van der Waals surface area contributed by atoms with Crippen LogP contribution < -0.4 is 14.8 Å². The Balaban J connectivity index is 1.46. The van der Waals surface area contributed by atoms with E-state index in [0.29, 0.717) is 39.4 Å². The van der Waals surface area contributed by atoms with Gasteiger partial charge in [0, 0.05) is 5.70 Å². The highest BCUT2D eigenvalue weighted by Gasteiger charge is 2.41. The number of aliphatic imine (C=N–C) groups is 1. The van der Waals surface area contributed by atoms with Crippen LogP contribution in [0.1, 0.15) is 36.3 Å². The Morgan fingerprint density at radius 1 is 1.05 bits per heavy atom. The molecule has 2 aliphatic heterocycles. The first-order valence-electron chi connectivity index (χ1n) is 12.6. The molecule has 0 saturated heterocycles. The summed E-state index contributed by atoms with van der Waals surface area (Å²) in [6.45, 7) is 2.20. The van der Waals surface area contributed by atoms with Gasteiger partial charge in [0.1, 0.15) is 12.4 Å². The highest BCUT2D eigenvalue weighted by atomic mass is 32.2. The van der Waals surface area contributed by atoms with E-state index in [0.717, 1.165) is 11.1 Å². The number of allylic oxidation sites excluding steroid dienone is 1. The summed E-state index contributed by atoms with van der Waals surface area (Å²) in [5.41, 5.74) is 3.29. The van der Waals surface area contributed by atoms with Crippen molar-refractivity contribution in [2.24, 2.45) is 4.99 Å². The number of hydrogen-bond acceptors (Lipinski definition) is 9. The van der Waals surface area contributed by atoms with Crippen molar-refractivity contribution < 1.29 is 28.2 Å². The van der Waals surface area contributed by atoms with Crippen LogP contribution in [0.4, 0.5) is 0 Å². The lowest BCUT2D eigenvalue weighted by atomic mass is 9.93. The van der Waals surface area contributed by atoms with Gasteiger partial charge in [0.05, 0.1) is 50.8 Å². The molecular weight excluding hydrogens is 530 g/mol. The van der Waals surface area contributed by atoms with Gasteiger partial charge in [-0.25, -0.2) is 9.79 Å². The number of fused-ring (bicyclic) bond motifs is 1. The maximum atomic E-state index is 13.6. The third-order valence-corrected chi connectivity index (χ3v) is 7.43. The van der Waals surface area contributed by atoms with Crippen molar-refractivity contribution >= 4 is 28.8 Å². The van der Waals surface area contributed by atoms with Crippen LogP contribution >= 0.6 is 11.8 Å².